The highest BCUT2D eigenvalue weighted by molar-refractivity contribution is 5.76. The van der Waals surface area contributed by atoms with Crippen LogP contribution >= 0.6 is 0 Å². The van der Waals surface area contributed by atoms with E-state index in [1.165, 1.54) is 0 Å². The number of amides is 1. The van der Waals surface area contributed by atoms with Crippen molar-refractivity contribution in [1.82, 2.24) is 5.32 Å². The molecule has 1 amide bonds. The average Bonchev–Trinajstić information content (AvgIpc) is 2.21. The van der Waals surface area contributed by atoms with Gasteiger partial charge < -0.3 is 15.2 Å². The maximum Gasteiger partial charge on any atom is 0.303 e. The third-order valence-electron chi connectivity index (χ3n) is 2.20. The van der Waals surface area contributed by atoms with Crippen LogP contribution in [0.3, 0.4) is 0 Å². The lowest BCUT2D eigenvalue weighted by atomic mass is 10.1. The fraction of sp³-hybridized carbons (Fsp3) is 0.818. The minimum absolute atomic E-state index is 0.0195. The summed E-state index contributed by atoms with van der Waals surface area (Å²) in [6, 6.07) is -0.0778. The summed E-state index contributed by atoms with van der Waals surface area (Å²) in [5, 5.41) is 11.2. The zero-order valence-corrected chi connectivity index (χ0v) is 9.99. The van der Waals surface area contributed by atoms with Gasteiger partial charge in [0, 0.05) is 32.6 Å². The SMILES string of the molecule is COCCCCC(=O)NC(C)CCC(=O)O. The number of nitrogens with one attached hydrogen (secondary N) is 1. The van der Waals surface area contributed by atoms with E-state index in [9.17, 15) is 9.59 Å². The Morgan fingerprint density at radius 2 is 2.00 bits per heavy atom. The summed E-state index contributed by atoms with van der Waals surface area (Å²) in [5.74, 6) is -0.852. The minimum atomic E-state index is -0.832. The van der Waals surface area contributed by atoms with E-state index in [1.54, 1.807) is 7.11 Å². The molecule has 5 heteroatoms. The Kier molecular flexibility index (Phi) is 8.52. The van der Waals surface area contributed by atoms with Gasteiger partial charge in [0.25, 0.3) is 0 Å². The molecular weight excluding hydrogens is 210 g/mol. The van der Waals surface area contributed by atoms with Crippen molar-refractivity contribution in [2.45, 2.75) is 45.1 Å². The molecule has 0 bridgehead atoms. The molecule has 5 nitrogen and oxygen atoms in total. The fourth-order valence-electron chi connectivity index (χ4n) is 1.29. The highest BCUT2D eigenvalue weighted by Gasteiger charge is 2.08. The molecular formula is C11H21NO4. The third kappa shape index (κ3) is 9.45. The highest BCUT2D eigenvalue weighted by Crippen LogP contribution is 1.99. The molecule has 0 radical (unpaired) electrons. The summed E-state index contributed by atoms with van der Waals surface area (Å²) in [6.45, 7) is 2.48. The third-order valence-corrected chi connectivity index (χ3v) is 2.20. The van der Waals surface area contributed by atoms with E-state index in [0.717, 1.165) is 12.8 Å². The first-order valence-electron chi connectivity index (χ1n) is 5.56. The van der Waals surface area contributed by atoms with Crippen LogP contribution in [-0.4, -0.2) is 36.7 Å². The molecule has 0 aromatic heterocycles. The van der Waals surface area contributed by atoms with E-state index in [4.69, 9.17) is 9.84 Å². The normalized spacial score (nSPS) is 12.1. The molecule has 0 spiro atoms. The van der Waals surface area contributed by atoms with E-state index < -0.39 is 5.97 Å². The first-order valence-corrected chi connectivity index (χ1v) is 5.56. The van der Waals surface area contributed by atoms with Crippen molar-refractivity contribution in [2.24, 2.45) is 0 Å². The lowest BCUT2D eigenvalue weighted by molar-refractivity contribution is -0.137. The van der Waals surface area contributed by atoms with Crippen molar-refractivity contribution in [2.75, 3.05) is 13.7 Å². The Balaban J connectivity index is 3.50. The Morgan fingerprint density at radius 3 is 2.56 bits per heavy atom. The second-order valence-corrected chi connectivity index (χ2v) is 3.85. The molecule has 16 heavy (non-hydrogen) atoms. The van der Waals surface area contributed by atoms with E-state index in [-0.39, 0.29) is 18.4 Å². The zero-order chi connectivity index (χ0) is 12.4. The molecule has 0 fully saturated rings. The molecule has 0 saturated heterocycles. The first-order chi connectivity index (χ1) is 7.56. The number of unbranched alkanes of at least 4 members (excludes halogenated alkanes) is 1. The van der Waals surface area contributed by atoms with E-state index in [1.807, 2.05) is 6.92 Å². The summed E-state index contributed by atoms with van der Waals surface area (Å²) < 4.78 is 4.87. The van der Waals surface area contributed by atoms with Crippen LogP contribution in [0, 0.1) is 0 Å². The Bertz CT molecular complexity index is 218. The summed E-state index contributed by atoms with van der Waals surface area (Å²) in [6.07, 6.45) is 2.70. The maximum absolute atomic E-state index is 11.4. The standard InChI is InChI=1S/C11H21NO4/c1-9(6-7-11(14)15)12-10(13)5-3-4-8-16-2/h9H,3-8H2,1-2H3,(H,12,13)(H,14,15). The molecule has 94 valence electrons. The van der Waals surface area contributed by atoms with Crippen molar-refractivity contribution in [1.29, 1.82) is 0 Å². The van der Waals surface area contributed by atoms with E-state index in [2.05, 4.69) is 5.32 Å². The number of carbonyl (C=O) groups excluding carboxylic acids is 1. The lowest BCUT2D eigenvalue weighted by Crippen LogP contribution is -2.32. The number of rotatable bonds is 9. The number of carboxylic acid groups (broad SMARTS) is 1. The molecule has 1 atom stereocenters. The van der Waals surface area contributed by atoms with Gasteiger partial charge in [-0.3, -0.25) is 9.59 Å². The Hall–Kier alpha value is -1.10. The summed E-state index contributed by atoms with van der Waals surface area (Å²) in [5.41, 5.74) is 0. The maximum atomic E-state index is 11.4. The number of hydrogen-bond acceptors (Lipinski definition) is 3. The first kappa shape index (κ1) is 14.9. The minimum Gasteiger partial charge on any atom is -0.481 e. The molecule has 0 aliphatic heterocycles. The topological polar surface area (TPSA) is 75.6 Å². The molecule has 0 saturated carbocycles. The predicted molar refractivity (Wildman–Crippen MR) is 60.2 cm³/mol. The monoisotopic (exact) mass is 231 g/mol. The second-order valence-electron chi connectivity index (χ2n) is 3.85. The van der Waals surface area contributed by atoms with Crippen LogP contribution in [0.2, 0.25) is 0 Å². The number of methoxy groups -OCH3 is 1. The summed E-state index contributed by atoms with van der Waals surface area (Å²) >= 11 is 0. The van der Waals surface area contributed by atoms with Gasteiger partial charge in [0.05, 0.1) is 0 Å². The van der Waals surface area contributed by atoms with Crippen molar-refractivity contribution >= 4 is 11.9 Å². The van der Waals surface area contributed by atoms with Crippen LogP contribution < -0.4 is 5.32 Å². The molecule has 0 heterocycles. The van der Waals surface area contributed by atoms with Gasteiger partial charge in [-0.25, -0.2) is 0 Å². The number of carbonyl (C=O) groups is 2. The number of aliphatic carboxylic acids is 1. The summed E-state index contributed by atoms with van der Waals surface area (Å²) in [7, 11) is 1.63. The zero-order valence-electron chi connectivity index (χ0n) is 9.99. The van der Waals surface area contributed by atoms with Gasteiger partial charge in [0.1, 0.15) is 0 Å². The molecule has 0 aromatic carbocycles. The van der Waals surface area contributed by atoms with Crippen molar-refractivity contribution in [3.05, 3.63) is 0 Å². The molecule has 2 N–H and O–H groups in total. The molecule has 1 unspecified atom stereocenters. The van der Waals surface area contributed by atoms with Crippen LogP contribution in [0.15, 0.2) is 0 Å². The van der Waals surface area contributed by atoms with Crippen LogP contribution in [0.4, 0.5) is 0 Å². The van der Waals surface area contributed by atoms with Crippen LogP contribution in [0.1, 0.15) is 39.0 Å². The predicted octanol–water partition coefficient (Wildman–Crippen LogP) is 1.17. The quantitative estimate of drug-likeness (QED) is 0.584. The van der Waals surface area contributed by atoms with Crippen molar-refractivity contribution in [3.63, 3.8) is 0 Å². The lowest BCUT2D eigenvalue weighted by Gasteiger charge is -2.12. The molecule has 0 rings (SSSR count). The smallest absolute Gasteiger partial charge is 0.303 e. The van der Waals surface area contributed by atoms with Gasteiger partial charge in [-0.1, -0.05) is 0 Å². The van der Waals surface area contributed by atoms with Gasteiger partial charge >= 0.3 is 5.97 Å². The van der Waals surface area contributed by atoms with Crippen LogP contribution in [0.25, 0.3) is 0 Å². The highest BCUT2D eigenvalue weighted by atomic mass is 16.5. The van der Waals surface area contributed by atoms with Crippen molar-refractivity contribution in [3.8, 4) is 0 Å². The Labute approximate surface area is 96.2 Å². The van der Waals surface area contributed by atoms with Crippen molar-refractivity contribution < 1.29 is 19.4 Å². The van der Waals surface area contributed by atoms with Crippen LogP contribution in [-0.2, 0) is 14.3 Å². The van der Waals surface area contributed by atoms with Gasteiger partial charge in [0.2, 0.25) is 5.91 Å². The molecule has 0 aliphatic carbocycles. The fourth-order valence-corrected chi connectivity index (χ4v) is 1.29. The number of carboxylic acids is 1. The number of hydrogen-bond donors (Lipinski definition) is 2. The summed E-state index contributed by atoms with van der Waals surface area (Å²) in [4.78, 5) is 21.7. The van der Waals surface area contributed by atoms with Gasteiger partial charge in [-0.15, -0.1) is 0 Å². The van der Waals surface area contributed by atoms with Gasteiger partial charge in [-0.2, -0.15) is 0 Å². The Morgan fingerprint density at radius 1 is 1.31 bits per heavy atom. The largest absolute Gasteiger partial charge is 0.481 e. The van der Waals surface area contributed by atoms with Gasteiger partial charge in [0.15, 0.2) is 0 Å². The van der Waals surface area contributed by atoms with Crippen LogP contribution in [0.5, 0.6) is 0 Å². The van der Waals surface area contributed by atoms with Gasteiger partial charge in [-0.05, 0) is 26.2 Å². The second kappa shape index (κ2) is 9.15. The molecule has 0 aromatic rings. The molecule has 0 aliphatic rings. The number of ether oxygens (including phenoxy) is 1. The van der Waals surface area contributed by atoms with E-state index >= 15 is 0 Å². The average molecular weight is 231 g/mol. The van der Waals surface area contributed by atoms with E-state index in [0.29, 0.717) is 19.4 Å².